The van der Waals surface area contributed by atoms with Crippen LogP contribution in [-0.2, 0) is 0 Å². The largest absolute Gasteiger partial charge is 0.338 e. The predicted octanol–water partition coefficient (Wildman–Crippen LogP) is 3.90. The predicted molar refractivity (Wildman–Crippen MR) is 104 cm³/mol. The molecule has 1 spiro atoms. The molecule has 1 amide bonds. The van der Waals surface area contributed by atoms with Gasteiger partial charge in [-0.1, -0.05) is 19.3 Å². The van der Waals surface area contributed by atoms with E-state index in [0.29, 0.717) is 5.41 Å². The molecule has 0 bridgehead atoms. The lowest BCUT2D eigenvalue weighted by Gasteiger charge is -2.42. The van der Waals surface area contributed by atoms with Gasteiger partial charge >= 0.3 is 0 Å². The lowest BCUT2D eigenvalue weighted by molar-refractivity contribution is 0.0629. The maximum atomic E-state index is 13.0. The number of aromatic nitrogens is 1. The van der Waals surface area contributed by atoms with Crippen molar-refractivity contribution in [2.24, 2.45) is 11.3 Å². The second-order valence-electron chi connectivity index (χ2n) is 8.96. The zero-order chi connectivity index (χ0) is 18.0. The van der Waals surface area contributed by atoms with Gasteiger partial charge in [-0.05, 0) is 63.6 Å². The van der Waals surface area contributed by atoms with Gasteiger partial charge in [-0.25, -0.2) is 0 Å². The standard InChI is InChI=1S/C22H33N3O/c1-18-20(9-5-12-23-18)21(26)25-14-11-22(17-25)10-6-13-24(16-22)15-19-7-3-2-4-8-19/h5,9,12,19H,2-4,6-8,10-11,13-17H2,1H3. The summed E-state index contributed by atoms with van der Waals surface area (Å²) in [5, 5.41) is 0. The van der Waals surface area contributed by atoms with Crippen LogP contribution in [-0.4, -0.2) is 53.4 Å². The first-order valence-electron chi connectivity index (χ1n) is 10.6. The Morgan fingerprint density at radius 3 is 2.81 bits per heavy atom. The van der Waals surface area contributed by atoms with Gasteiger partial charge in [0.1, 0.15) is 0 Å². The fourth-order valence-corrected chi connectivity index (χ4v) is 5.52. The Morgan fingerprint density at radius 2 is 2.00 bits per heavy atom. The molecule has 3 heterocycles. The van der Waals surface area contributed by atoms with Gasteiger partial charge in [-0.2, -0.15) is 0 Å². The highest BCUT2D eigenvalue weighted by Gasteiger charge is 2.43. The molecule has 0 radical (unpaired) electrons. The van der Waals surface area contributed by atoms with Crippen LogP contribution in [0.25, 0.3) is 0 Å². The number of hydrogen-bond acceptors (Lipinski definition) is 3. The average molecular weight is 356 g/mol. The molecule has 4 rings (SSSR count). The maximum Gasteiger partial charge on any atom is 0.255 e. The number of pyridine rings is 1. The molecule has 0 N–H and O–H groups in total. The summed E-state index contributed by atoms with van der Waals surface area (Å²) in [6.45, 7) is 7.52. The zero-order valence-corrected chi connectivity index (χ0v) is 16.3. The van der Waals surface area contributed by atoms with E-state index in [4.69, 9.17) is 0 Å². The van der Waals surface area contributed by atoms with Crippen LogP contribution in [0.15, 0.2) is 18.3 Å². The Bertz CT molecular complexity index is 640. The van der Waals surface area contributed by atoms with E-state index in [0.717, 1.165) is 30.3 Å². The number of carbonyl (C=O) groups excluding carboxylic acids is 1. The van der Waals surface area contributed by atoms with E-state index >= 15 is 0 Å². The lowest BCUT2D eigenvalue weighted by Crippen LogP contribution is -2.47. The van der Waals surface area contributed by atoms with Gasteiger partial charge in [-0.3, -0.25) is 9.78 Å². The molecule has 26 heavy (non-hydrogen) atoms. The number of rotatable bonds is 3. The van der Waals surface area contributed by atoms with E-state index in [1.807, 2.05) is 19.1 Å². The Hall–Kier alpha value is -1.42. The van der Waals surface area contributed by atoms with Crippen LogP contribution >= 0.6 is 0 Å². The van der Waals surface area contributed by atoms with Gasteiger partial charge in [0, 0.05) is 43.5 Å². The van der Waals surface area contributed by atoms with Gasteiger partial charge in [0.25, 0.3) is 5.91 Å². The molecule has 4 nitrogen and oxygen atoms in total. The number of nitrogens with zero attached hydrogens (tertiary/aromatic N) is 3. The third-order valence-electron chi connectivity index (χ3n) is 6.94. The van der Waals surface area contributed by atoms with Crippen molar-refractivity contribution in [1.29, 1.82) is 0 Å². The van der Waals surface area contributed by atoms with Crippen molar-refractivity contribution in [1.82, 2.24) is 14.8 Å². The second-order valence-corrected chi connectivity index (χ2v) is 8.96. The van der Waals surface area contributed by atoms with Crippen LogP contribution < -0.4 is 0 Å². The maximum absolute atomic E-state index is 13.0. The molecule has 3 fully saturated rings. The normalized spacial score (nSPS) is 28.0. The number of hydrogen-bond donors (Lipinski definition) is 0. The van der Waals surface area contributed by atoms with Gasteiger partial charge < -0.3 is 9.80 Å². The minimum Gasteiger partial charge on any atom is -0.338 e. The first-order chi connectivity index (χ1) is 12.7. The van der Waals surface area contributed by atoms with Crippen LogP contribution in [0.3, 0.4) is 0 Å². The first kappa shape index (κ1) is 18.0. The minimum absolute atomic E-state index is 0.178. The summed E-state index contributed by atoms with van der Waals surface area (Å²) in [7, 11) is 0. The molecule has 3 aliphatic rings. The molecule has 1 atom stereocenters. The molecule has 2 aliphatic heterocycles. The van der Waals surface area contributed by atoms with Crippen LogP contribution in [0.2, 0.25) is 0 Å². The molecule has 1 aliphatic carbocycles. The van der Waals surface area contributed by atoms with Crippen molar-refractivity contribution in [3.8, 4) is 0 Å². The van der Waals surface area contributed by atoms with Gasteiger partial charge in [-0.15, -0.1) is 0 Å². The zero-order valence-electron chi connectivity index (χ0n) is 16.3. The molecule has 2 saturated heterocycles. The van der Waals surface area contributed by atoms with Gasteiger partial charge in [0.05, 0.1) is 5.56 Å². The summed E-state index contributed by atoms with van der Waals surface area (Å²) in [4.78, 5) is 22.1. The highest BCUT2D eigenvalue weighted by molar-refractivity contribution is 5.95. The molecule has 1 aromatic heterocycles. The summed E-state index contributed by atoms with van der Waals surface area (Å²) >= 11 is 0. The SMILES string of the molecule is Cc1ncccc1C(=O)N1CCC2(CCCN(CC3CCCCC3)C2)C1. The van der Waals surface area contributed by atoms with E-state index in [1.165, 1.54) is 71.0 Å². The molecule has 1 unspecified atom stereocenters. The Labute approximate surface area is 158 Å². The lowest BCUT2D eigenvalue weighted by atomic mass is 9.78. The van der Waals surface area contributed by atoms with Crippen LogP contribution in [0.1, 0.15) is 67.4 Å². The van der Waals surface area contributed by atoms with Crippen LogP contribution in [0.5, 0.6) is 0 Å². The highest BCUT2D eigenvalue weighted by Crippen LogP contribution is 2.40. The van der Waals surface area contributed by atoms with Crippen molar-refractivity contribution < 1.29 is 4.79 Å². The molecular weight excluding hydrogens is 322 g/mol. The Morgan fingerprint density at radius 1 is 1.15 bits per heavy atom. The van der Waals surface area contributed by atoms with Crippen molar-refractivity contribution in [3.63, 3.8) is 0 Å². The summed E-state index contributed by atoms with van der Waals surface area (Å²) < 4.78 is 0. The number of carbonyl (C=O) groups is 1. The van der Waals surface area contributed by atoms with Gasteiger partial charge in [0.2, 0.25) is 0 Å². The number of likely N-dealkylation sites (tertiary alicyclic amines) is 2. The number of aryl methyl sites for hydroxylation is 1. The Balaban J connectivity index is 1.38. The summed E-state index contributed by atoms with van der Waals surface area (Å²) in [6, 6.07) is 3.80. The number of amides is 1. The van der Waals surface area contributed by atoms with E-state index in [9.17, 15) is 4.79 Å². The van der Waals surface area contributed by atoms with Crippen LogP contribution in [0, 0.1) is 18.3 Å². The van der Waals surface area contributed by atoms with E-state index in [-0.39, 0.29) is 5.91 Å². The average Bonchev–Trinajstić information content (AvgIpc) is 3.06. The van der Waals surface area contributed by atoms with Crippen molar-refractivity contribution >= 4 is 5.91 Å². The quantitative estimate of drug-likeness (QED) is 0.825. The highest BCUT2D eigenvalue weighted by atomic mass is 16.2. The molecule has 0 aromatic carbocycles. The summed E-state index contributed by atoms with van der Waals surface area (Å²) in [6.07, 6.45) is 12.6. The molecule has 1 aromatic rings. The first-order valence-corrected chi connectivity index (χ1v) is 10.6. The fourth-order valence-electron chi connectivity index (χ4n) is 5.52. The third-order valence-corrected chi connectivity index (χ3v) is 6.94. The van der Waals surface area contributed by atoms with E-state index < -0.39 is 0 Å². The van der Waals surface area contributed by atoms with Crippen molar-refractivity contribution in [3.05, 3.63) is 29.6 Å². The van der Waals surface area contributed by atoms with Crippen LogP contribution in [0.4, 0.5) is 0 Å². The second kappa shape index (κ2) is 7.67. The third kappa shape index (κ3) is 3.80. The molecule has 1 saturated carbocycles. The summed E-state index contributed by atoms with van der Waals surface area (Å²) in [5.41, 5.74) is 1.96. The fraction of sp³-hybridized carbons (Fsp3) is 0.727. The minimum atomic E-state index is 0.178. The van der Waals surface area contributed by atoms with Gasteiger partial charge in [0.15, 0.2) is 0 Å². The van der Waals surface area contributed by atoms with E-state index in [2.05, 4.69) is 14.8 Å². The molecule has 4 heteroatoms. The number of piperidine rings is 1. The van der Waals surface area contributed by atoms with Crippen molar-refractivity contribution in [2.45, 2.75) is 58.3 Å². The molecular formula is C22H33N3O. The smallest absolute Gasteiger partial charge is 0.255 e. The van der Waals surface area contributed by atoms with Crippen molar-refractivity contribution in [2.75, 3.05) is 32.7 Å². The summed E-state index contributed by atoms with van der Waals surface area (Å²) in [5.74, 6) is 1.09. The molecule has 142 valence electrons. The monoisotopic (exact) mass is 355 g/mol. The van der Waals surface area contributed by atoms with E-state index in [1.54, 1.807) is 6.20 Å². The Kier molecular flexibility index (Phi) is 5.30. The topological polar surface area (TPSA) is 36.4 Å².